The van der Waals surface area contributed by atoms with Gasteiger partial charge in [-0.15, -0.1) is 0 Å². The predicted molar refractivity (Wildman–Crippen MR) is 126 cm³/mol. The topological polar surface area (TPSA) is 0 Å². The van der Waals surface area contributed by atoms with Gasteiger partial charge < -0.3 is 24.8 Å². The molecule has 0 N–H and O–H groups in total. The van der Waals surface area contributed by atoms with Crippen LogP contribution in [0.4, 0.5) is 0 Å². The molecule has 33 heavy (non-hydrogen) atoms. The zero-order valence-corrected chi connectivity index (χ0v) is 21.9. The van der Waals surface area contributed by atoms with Crippen LogP contribution in [0.25, 0.3) is 27.5 Å². The molecule has 0 saturated carbocycles. The van der Waals surface area contributed by atoms with Crippen molar-refractivity contribution in [1.82, 2.24) is 0 Å². The molecule has 3 heteroatoms. The number of rotatable bonds is 2. The van der Waals surface area contributed by atoms with E-state index in [-0.39, 0.29) is 24.8 Å². The Labute approximate surface area is 218 Å². The number of allylic oxidation sites excluding steroid dienone is 6. The fourth-order valence-electron chi connectivity index (χ4n) is 5.47. The second-order valence-corrected chi connectivity index (χ2v) is 11.9. The van der Waals surface area contributed by atoms with Crippen molar-refractivity contribution in [1.29, 1.82) is 0 Å². The van der Waals surface area contributed by atoms with E-state index in [1.54, 1.807) is 12.1 Å². The Morgan fingerprint density at radius 1 is 0.636 bits per heavy atom. The van der Waals surface area contributed by atoms with Crippen molar-refractivity contribution in [3.05, 3.63) is 128 Å². The normalized spacial score (nSPS) is 14.4. The average Bonchev–Trinajstić information content (AvgIpc) is 3.41. The molecule has 4 aromatic rings. The quantitative estimate of drug-likeness (QED) is 0.307. The fraction of sp³-hybridized carbons (Fsp3) is 0.0667. The molecule has 3 aliphatic carbocycles. The first-order valence-electron chi connectivity index (χ1n) is 11.0. The van der Waals surface area contributed by atoms with E-state index in [1.165, 1.54) is 49.7 Å². The van der Waals surface area contributed by atoms with E-state index in [9.17, 15) is 0 Å². The fourth-order valence-corrected chi connectivity index (χ4v) is 8.87. The zero-order chi connectivity index (χ0) is 20.4. The van der Waals surface area contributed by atoms with Gasteiger partial charge in [-0.1, -0.05) is 0 Å². The number of hydrogen-bond donors (Lipinski definition) is 0. The van der Waals surface area contributed by atoms with Crippen molar-refractivity contribution >= 4 is 19.6 Å². The third-order valence-electron chi connectivity index (χ3n) is 6.93. The minimum Gasteiger partial charge on any atom is -1.00 e. The van der Waals surface area contributed by atoms with Crippen LogP contribution in [-0.2, 0) is 36.1 Å². The van der Waals surface area contributed by atoms with Gasteiger partial charge in [0.25, 0.3) is 0 Å². The third kappa shape index (κ3) is 3.53. The molecule has 0 heterocycles. The number of hydrogen-bond acceptors (Lipinski definition) is 0. The van der Waals surface area contributed by atoms with Gasteiger partial charge in [0.1, 0.15) is 0 Å². The third-order valence-corrected chi connectivity index (χ3v) is 10.5. The van der Waals surface area contributed by atoms with Crippen molar-refractivity contribution in [2.45, 2.75) is 12.8 Å². The first-order valence-corrected chi connectivity index (χ1v) is 13.4. The Bertz CT molecular complexity index is 1510. The minimum atomic E-state index is -0.895. The van der Waals surface area contributed by atoms with Crippen LogP contribution in [-0.4, -0.2) is 0 Å². The summed E-state index contributed by atoms with van der Waals surface area (Å²) in [6.07, 6.45) is 9.46. The second-order valence-electron chi connectivity index (χ2n) is 8.59. The summed E-state index contributed by atoms with van der Waals surface area (Å²) in [5.74, 6) is 0. The first-order chi connectivity index (χ1) is 15.4. The van der Waals surface area contributed by atoms with Gasteiger partial charge in [-0.25, -0.2) is 0 Å². The average molecular weight is 543 g/mol. The molecular weight excluding hydrogens is 522 g/mol. The van der Waals surface area contributed by atoms with Crippen molar-refractivity contribution in [2.75, 3.05) is 0 Å². The van der Waals surface area contributed by atoms with E-state index in [0.29, 0.717) is 0 Å². The number of fused-ring (bicyclic) bond motifs is 8. The molecule has 0 saturated heterocycles. The predicted octanol–water partition coefficient (Wildman–Crippen LogP) is 0.590. The van der Waals surface area contributed by atoms with E-state index in [2.05, 4.69) is 97.1 Å². The van der Waals surface area contributed by atoms with E-state index >= 15 is 0 Å². The maximum Gasteiger partial charge on any atom is -1.00 e. The first kappa shape index (κ1) is 22.6. The van der Waals surface area contributed by atoms with Crippen LogP contribution in [0.3, 0.4) is 0 Å². The van der Waals surface area contributed by atoms with Gasteiger partial charge in [0, 0.05) is 0 Å². The van der Waals surface area contributed by atoms with Crippen molar-refractivity contribution in [2.24, 2.45) is 0 Å². The Morgan fingerprint density at radius 2 is 1.45 bits per heavy atom. The van der Waals surface area contributed by atoms with Crippen LogP contribution in [0.2, 0.25) is 0 Å². The summed E-state index contributed by atoms with van der Waals surface area (Å²) in [5, 5.41) is 2.74. The summed E-state index contributed by atoms with van der Waals surface area (Å²) in [4.78, 5) is 0. The summed E-state index contributed by atoms with van der Waals surface area (Å²) >= 11 is -0.895. The largest absolute Gasteiger partial charge is 1.00 e. The molecule has 158 valence electrons. The van der Waals surface area contributed by atoms with Gasteiger partial charge in [0.05, 0.1) is 0 Å². The van der Waals surface area contributed by atoms with Crippen LogP contribution in [0.1, 0.15) is 22.3 Å². The molecule has 0 aromatic heterocycles. The molecule has 0 nitrogen and oxygen atoms in total. The maximum atomic E-state index is 2.49. The molecule has 0 unspecified atom stereocenters. The molecule has 0 aliphatic heterocycles. The Morgan fingerprint density at radius 3 is 2.39 bits per heavy atom. The molecule has 0 bridgehead atoms. The summed E-state index contributed by atoms with van der Waals surface area (Å²) in [6.45, 7) is 0. The Kier molecular flexibility index (Phi) is 6.08. The van der Waals surface area contributed by atoms with Crippen LogP contribution in [0.5, 0.6) is 0 Å². The van der Waals surface area contributed by atoms with Crippen LogP contribution in [0.15, 0.2) is 106 Å². The summed E-state index contributed by atoms with van der Waals surface area (Å²) in [5.41, 5.74) is 11.9. The van der Waals surface area contributed by atoms with Gasteiger partial charge in [-0.3, -0.25) is 0 Å². The van der Waals surface area contributed by atoms with Gasteiger partial charge in [-0.05, 0) is 0 Å². The van der Waals surface area contributed by atoms with Gasteiger partial charge >= 0.3 is 195 Å². The van der Waals surface area contributed by atoms with Crippen molar-refractivity contribution in [3.63, 3.8) is 0 Å². The zero-order valence-electron chi connectivity index (χ0n) is 17.9. The van der Waals surface area contributed by atoms with Crippen molar-refractivity contribution in [3.8, 4) is 11.1 Å². The Balaban J connectivity index is 0.00000114. The molecule has 3 aliphatic rings. The summed E-state index contributed by atoms with van der Waals surface area (Å²) in [6, 6.07) is 29.4. The number of halogens is 2. The molecular formula is C30H20Cl2Zr. The SMILES string of the molecule is C1=[C]([Zr+2][c]2cccc3c2Cc2ccccc2-3)C2=CCc3ccc4ccccc4c3C2=C1.[Cl-].[Cl-]. The van der Waals surface area contributed by atoms with E-state index in [0.717, 1.165) is 12.8 Å². The molecule has 7 rings (SSSR count). The molecule has 0 radical (unpaired) electrons. The molecule has 4 aromatic carbocycles. The minimum absolute atomic E-state index is 0. The summed E-state index contributed by atoms with van der Waals surface area (Å²) < 4.78 is 3.27. The smallest absolute Gasteiger partial charge is 1.00 e. The van der Waals surface area contributed by atoms with Crippen LogP contribution < -0.4 is 28.1 Å². The Hall–Kier alpha value is -2.18. The van der Waals surface area contributed by atoms with E-state index in [4.69, 9.17) is 0 Å². The van der Waals surface area contributed by atoms with Crippen LogP contribution >= 0.6 is 0 Å². The number of benzene rings is 4. The molecule has 0 spiro atoms. The molecule has 0 atom stereocenters. The van der Waals surface area contributed by atoms with Crippen molar-refractivity contribution < 1.29 is 48.0 Å². The second kappa shape index (κ2) is 8.88. The molecule has 0 fully saturated rings. The van der Waals surface area contributed by atoms with Gasteiger partial charge in [-0.2, -0.15) is 0 Å². The van der Waals surface area contributed by atoms with E-state index < -0.39 is 23.2 Å². The maximum absolute atomic E-state index is 2.49. The molecule has 0 amide bonds. The monoisotopic (exact) mass is 540 g/mol. The standard InChI is InChI=1S/C17H11.C13H9.2ClH.Zr/c1-2-6-15-12(4-1)8-10-14-11-9-13-5-3-7-16(13)17(14)15;1-3-7-12-10(5-1)9-11-6-2-4-8-13(11)12;;;/h1-4,6-10H,11H2;1-5,7-8H,9H2;2*1H;/q;;;;+2/p-2. The van der Waals surface area contributed by atoms with E-state index in [1.807, 2.05) is 0 Å². The van der Waals surface area contributed by atoms with Gasteiger partial charge in [0.15, 0.2) is 0 Å². The summed E-state index contributed by atoms with van der Waals surface area (Å²) in [7, 11) is 0. The van der Waals surface area contributed by atoms with Crippen LogP contribution in [0, 0.1) is 0 Å². The van der Waals surface area contributed by atoms with Gasteiger partial charge in [0.2, 0.25) is 0 Å².